The van der Waals surface area contributed by atoms with E-state index in [1.807, 2.05) is 0 Å². The number of methoxy groups -OCH3 is 1. The maximum Gasteiger partial charge on any atom is 0.324 e. The van der Waals surface area contributed by atoms with Crippen molar-refractivity contribution in [1.82, 2.24) is 4.72 Å². The molecule has 0 bridgehead atoms. The summed E-state index contributed by atoms with van der Waals surface area (Å²) in [5, 5.41) is -0.250. The van der Waals surface area contributed by atoms with Gasteiger partial charge in [0.15, 0.2) is 0 Å². The fourth-order valence-corrected chi connectivity index (χ4v) is 4.21. The number of nitrogens with two attached hydrogens (primary N) is 1. The number of benzene rings is 1. The van der Waals surface area contributed by atoms with Crippen molar-refractivity contribution in [2.75, 3.05) is 12.8 Å². The van der Waals surface area contributed by atoms with E-state index in [1.54, 1.807) is 13.8 Å². The van der Waals surface area contributed by atoms with Crippen LogP contribution in [0.25, 0.3) is 0 Å². The number of hydrogen-bond donors (Lipinski definition) is 2. The summed E-state index contributed by atoms with van der Waals surface area (Å²) < 4.78 is 31.6. The van der Waals surface area contributed by atoms with Crippen LogP contribution in [-0.4, -0.2) is 27.5 Å². The van der Waals surface area contributed by atoms with Crippen LogP contribution in [0.5, 0.6) is 0 Å². The van der Waals surface area contributed by atoms with Crippen molar-refractivity contribution in [2.24, 2.45) is 5.92 Å². The number of nitrogens with one attached hydrogen (secondary N) is 1. The molecule has 1 rings (SSSR count). The smallest absolute Gasteiger partial charge is 0.324 e. The lowest BCUT2D eigenvalue weighted by molar-refractivity contribution is -0.143. The van der Waals surface area contributed by atoms with Gasteiger partial charge in [-0.1, -0.05) is 37.0 Å². The van der Waals surface area contributed by atoms with E-state index in [2.05, 4.69) is 9.46 Å². The Morgan fingerprint density at radius 2 is 1.76 bits per heavy atom. The number of sulfonamides is 1. The van der Waals surface area contributed by atoms with Gasteiger partial charge in [0.25, 0.3) is 0 Å². The summed E-state index contributed by atoms with van der Waals surface area (Å²) in [7, 11) is -2.93. The number of hydrogen-bond acceptors (Lipinski definition) is 5. The van der Waals surface area contributed by atoms with Crippen LogP contribution in [0.3, 0.4) is 0 Å². The second-order valence-electron chi connectivity index (χ2n) is 4.68. The number of rotatable bonds is 5. The highest BCUT2D eigenvalue weighted by atomic mass is 35.5. The molecule has 9 heteroatoms. The van der Waals surface area contributed by atoms with Gasteiger partial charge in [-0.15, -0.1) is 0 Å². The molecule has 0 radical (unpaired) electrons. The van der Waals surface area contributed by atoms with Gasteiger partial charge in [0.05, 0.1) is 17.2 Å². The van der Waals surface area contributed by atoms with Crippen LogP contribution in [0.1, 0.15) is 13.8 Å². The number of halogens is 2. The molecular weight excluding hydrogens is 339 g/mol. The van der Waals surface area contributed by atoms with Gasteiger partial charge in [-0.05, 0) is 18.1 Å². The van der Waals surface area contributed by atoms with Gasteiger partial charge in [-0.25, -0.2) is 8.42 Å². The first kappa shape index (κ1) is 18.0. The van der Waals surface area contributed by atoms with Gasteiger partial charge < -0.3 is 10.5 Å². The lowest BCUT2D eigenvalue weighted by atomic mass is 10.1. The molecular formula is C12H16Cl2N2O4S. The quantitative estimate of drug-likeness (QED) is 0.622. The van der Waals surface area contributed by atoms with Gasteiger partial charge in [-0.2, -0.15) is 4.72 Å². The molecule has 0 saturated heterocycles. The minimum atomic E-state index is -4.11. The van der Waals surface area contributed by atoms with Gasteiger partial charge >= 0.3 is 5.97 Å². The Kier molecular flexibility index (Phi) is 5.86. The first-order valence-corrected chi connectivity index (χ1v) is 8.18. The average Bonchev–Trinajstić information content (AvgIpc) is 2.33. The Labute approximate surface area is 133 Å². The van der Waals surface area contributed by atoms with E-state index < -0.39 is 22.0 Å². The zero-order chi connectivity index (χ0) is 16.4. The van der Waals surface area contributed by atoms with Crippen LogP contribution >= 0.6 is 23.2 Å². The fraction of sp³-hybridized carbons (Fsp3) is 0.417. The first-order chi connectivity index (χ1) is 9.60. The molecule has 0 spiro atoms. The molecule has 3 N–H and O–H groups in total. The summed E-state index contributed by atoms with van der Waals surface area (Å²) in [6, 6.07) is 1.49. The van der Waals surface area contributed by atoms with E-state index in [-0.39, 0.29) is 26.5 Å². The van der Waals surface area contributed by atoms with Crippen LogP contribution in [-0.2, 0) is 19.6 Å². The number of nitrogen functional groups attached to an aromatic ring is 1. The zero-order valence-corrected chi connectivity index (χ0v) is 14.0. The molecule has 0 aliphatic heterocycles. The van der Waals surface area contributed by atoms with Crippen molar-refractivity contribution >= 4 is 44.9 Å². The third-order valence-electron chi connectivity index (χ3n) is 2.69. The largest absolute Gasteiger partial charge is 0.468 e. The minimum Gasteiger partial charge on any atom is -0.468 e. The molecule has 1 aromatic rings. The molecule has 0 saturated carbocycles. The lowest BCUT2D eigenvalue weighted by Gasteiger charge is -2.20. The molecule has 0 aromatic heterocycles. The molecule has 0 aliphatic rings. The van der Waals surface area contributed by atoms with Crippen LogP contribution in [0.2, 0.25) is 10.0 Å². The monoisotopic (exact) mass is 354 g/mol. The predicted octanol–water partition coefficient (Wildman–Crippen LogP) is 2.05. The average molecular weight is 355 g/mol. The van der Waals surface area contributed by atoms with E-state index in [0.717, 1.165) is 0 Å². The Bertz CT molecular complexity index is 624. The molecule has 21 heavy (non-hydrogen) atoms. The third kappa shape index (κ3) is 4.23. The van der Waals surface area contributed by atoms with E-state index in [4.69, 9.17) is 28.9 Å². The number of carbonyl (C=O) groups is 1. The highest BCUT2D eigenvalue weighted by Gasteiger charge is 2.31. The zero-order valence-electron chi connectivity index (χ0n) is 11.7. The minimum absolute atomic E-state index is 0.125. The van der Waals surface area contributed by atoms with Crippen LogP contribution < -0.4 is 10.5 Å². The first-order valence-electron chi connectivity index (χ1n) is 5.94. The maximum atomic E-state index is 12.4. The molecule has 0 aliphatic carbocycles. The summed E-state index contributed by atoms with van der Waals surface area (Å²) in [6.07, 6.45) is 0. The van der Waals surface area contributed by atoms with Crippen molar-refractivity contribution in [1.29, 1.82) is 0 Å². The molecule has 1 aromatic carbocycles. The fourth-order valence-electron chi connectivity index (χ4n) is 1.65. The molecule has 0 fully saturated rings. The van der Waals surface area contributed by atoms with E-state index in [1.165, 1.54) is 19.2 Å². The second kappa shape index (κ2) is 6.83. The number of ether oxygens (including phenoxy) is 1. The van der Waals surface area contributed by atoms with Crippen molar-refractivity contribution in [3.05, 3.63) is 22.2 Å². The highest BCUT2D eigenvalue weighted by molar-refractivity contribution is 7.89. The Morgan fingerprint density at radius 1 is 1.29 bits per heavy atom. The van der Waals surface area contributed by atoms with E-state index in [0.29, 0.717) is 0 Å². The van der Waals surface area contributed by atoms with Crippen molar-refractivity contribution in [3.8, 4) is 0 Å². The Hall–Kier alpha value is -1.02. The van der Waals surface area contributed by atoms with Crippen molar-refractivity contribution in [3.63, 3.8) is 0 Å². The van der Waals surface area contributed by atoms with E-state index >= 15 is 0 Å². The molecule has 1 unspecified atom stereocenters. The summed E-state index contributed by atoms with van der Waals surface area (Å²) in [4.78, 5) is 11.3. The second-order valence-corrected chi connectivity index (χ2v) is 7.15. The Morgan fingerprint density at radius 3 is 2.14 bits per heavy atom. The number of carbonyl (C=O) groups excluding carboxylic acids is 1. The molecule has 6 nitrogen and oxygen atoms in total. The maximum absolute atomic E-state index is 12.4. The highest BCUT2D eigenvalue weighted by Crippen LogP contribution is 2.32. The normalized spacial score (nSPS) is 13.2. The number of esters is 1. The molecule has 118 valence electrons. The topological polar surface area (TPSA) is 98.5 Å². The standard InChI is InChI=1S/C12H16Cl2N2O4S/c1-6(2)10(12(17)20-3)16-21(18,19)11-8(13)4-7(15)5-9(11)14/h4-6,10,16H,15H2,1-3H3. The number of anilines is 1. The summed E-state index contributed by atoms with van der Waals surface area (Å²) in [5.41, 5.74) is 5.77. The van der Waals surface area contributed by atoms with Crippen LogP contribution in [0.15, 0.2) is 17.0 Å². The van der Waals surface area contributed by atoms with Crippen LogP contribution in [0, 0.1) is 5.92 Å². The SMILES string of the molecule is COC(=O)C(NS(=O)(=O)c1c(Cl)cc(N)cc1Cl)C(C)C. The molecule has 0 heterocycles. The third-order valence-corrected chi connectivity index (χ3v) is 5.06. The van der Waals surface area contributed by atoms with Crippen molar-refractivity contribution < 1.29 is 17.9 Å². The van der Waals surface area contributed by atoms with Crippen LogP contribution in [0.4, 0.5) is 5.69 Å². The summed E-state index contributed by atoms with van der Waals surface area (Å²) in [6.45, 7) is 3.35. The summed E-state index contributed by atoms with van der Waals surface area (Å²) >= 11 is 11.8. The predicted molar refractivity (Wildman–Crippen MR) is 81.8 cm³/mol. The summed E-state index contributed by atoms with van der Waals surface area (Å²) in [5.74, 6) is -1.02. The Balaban J connectivity index is 3.26. The lowest BCUT2D eigenvalue weighted by Crippen LogP contribution is -2.45. The molecule has 0 amide bonds. The van der Waals surface area contributed by atoms with Gasteiger partial charge in [0, 0.05) is 5.69 Å². The molecule has 1 atom stereocenters. The van der Waals surface area contributed by atoms with Gasteiger partial charge in [0.2, 0.25) is 10.0 Å². The van der Waals surface area contributed by atoms with Gasteiger partial charge in [-0.3, -0.25) is 4.79 Å². The van der Waals surface area contributed by atoms with Gasteiger partial charge in [0.1, 0.15) is 10.9 Å². The van der Waals surface area contributed by atoms with Crippen molar-refractivity contribution in [2.45, 2.75) is 24.8 Å². The van der Waals surface area contributed by atoms with E-state index in [9.17, 15) is 13.2 Å².